The van der Waals surface area contributed by atoms with E-state index in [1.54, 1.807) is 6.20 Å². The second kappa shape index (κ2) is 7.51. The van der Waals surface area contributed by atoms with Gasteiger partial charge in [0.05, 0.1) is 6.54 Å². The van der Waals surface area contributed by atoms with Gasteiger partial charge in [0.15, 0.2) is 0 Å². The maximum absolute atomic E-state index is 12.1. The Morgan fingerprint density at radius 3 is 2.64 bits per heavy atom. The molecular weight excluding hydrogens is 342 g/mol. The van der Waals surface area contributed by atoms with Gasteiger partial charge in [-0.25, -0.2) is 4.98 Å². The van der Waals surface area contributed by atoms with Crippen LogP contribution in [-0.2, 0) is 4.79 Å². The molecule has 0 saturated heterocycles. The second-order valence-corrected chi connectivity index (χ2v) is 6.32. The van der Waals surface area contributed by atoms with Gasteiger partial charge in [-0.1, -0.05) is 28.1 Å². The van der Waals surface area contributed by atoms with Crippen molar-refractivity contribution in [2.75, 3.05) is 18.9 Å². The average Bonchev–Trinajstić information content (AvgIpc) is 2.47. The van der Waals surface area contributed by atoms with E-state index in [-0.39, 0.29) is 11.9 Å². The molecule has 1 N–H and O–H groups in total. The zero-order valence-electron chi connectivity index (χ0n) is 13.0. The molecule has 2 aromatic rings. The molecule has 116 valence electrons. The number of carbonyl (C=O) groups is 1. The van der Waals surface area contributed by atoms with Crippen molar-refractivity contribution >= 4 is 27.7 Å². The molecule has 1 amide bonds. The fraction of sp³-hybridized carbons (Fsp3) is 0.294. The predicted molar refractivity (Wildman–Crippen MR) is 92.8 cm³/mol. The van der Waals surface area contributed by atoms with E-state index >= 15 is 0 Å². The Balaban J connectivity index is 1.94. The Morgan fingerprint density at radius 2 is 2.00 bits per heavy atom. The molecule has 0 spiro atoms. The van der Waals surface area contributed by atoms with Gasteiger partial charge >= 0.3 is 0 Å². The van der Waals surface area contributed by atoms with Crippen molar-refractivity contribution in [3.63, 3.8) is 0 Å². The number of amides is 1. The summed E-state index contributed by atoms with van der Waals surface area (Å²) >= 11 is 3.43. The van der Waals surface area contributed by atoms with Gasteiger partial charge in [0.1, 0.15) is 5.82 Å². The molecule has 4 nitrogen and oxygen atoms in total. The number of halogens is 1. The fourth-order valence-electron chi connectivity index (χ4n) is 2.15. The van der Waals surface area contributed by atoms with Crippen molar-refractivity contribution in [1.29, 1.82) is 0 Å². The molecule has 0 bridgehead atoms. The summed E-state index contributed by atoms with van der Waals surface area (Å²) in [5, 5.41) is 2.83. The molecule has 1 aromatic carbocycles. The van der Waals surface area contributed by atoms with E-state index in [9.17, 15) is 4.79 Å². The number of hydrogen-bond donors (Lipinski definition) is 1. The van der Waals surface area contributed by atoms with Crippen molar-refractivity contribution in [2.24, 2.45) is 0 Å². The first-order valence-electron chi connectivity index (χ1n) is 7.14. The normalized spacial score (nSPS) is 12.2. The number of aryl methyl sites for hydroxylation is 1. The topological polar surface area (TPSA) is 45.2 Å². The minimum Gasteiger partial charge on any atom is -0.310 e. The molecule has 22 heavy (non-hydrogen) atoms. The molecule has 0 saturated carbocycles. The zero-order valence-corrected chi connectivity index (χ0v) is 14.6. The molecule has 1 atom stereocenters. The molecular formula is C17H20BrN3O. The number of hydrogen-bond acceptors (Lipinski definition) is 3. The van der Waals surface area contributed by atoms with Gasteiger partial charge in [-0.15, -0.1) is 0 Å². The summed E-state index contributed by atoms with van der Waals surface area (Å²) in [6, 6.07) is 12.1. The number of aromatic nitrogens is 1. The molecule has 0 fully saturated rings. The molecule has 0 aliphatic heterocycles. The molecule has 2 rings (SSSR count). The lowest BCUT2D eigenvalue weighted by Gasteiger charge is -2.24. The summed E-state index contributed by atoms with van der Waals surface area (Å²) in [4.78, 5) is 18.3. The van der Waals surface area contributed by atoms with Crippen LogP contribution in [0.15, 0.2) is 47.1 Å². The van der Waals surface area contributed by atoms with Gasteiger partial charge in [-0.3, -0.25) is 9.69 Å². The lowest BCUT2D eigenvalue weighted by molar-refractivity contribution is -0.117. The van der Waals surface area contributed by atoms with Crippen LogP contribution in [0.1, 0.15) is 24.1 Å². The van der Waals surface area contributed by atoms with Crippen molar-refractivity contribution in [3.8, 4) is 0 Å². The smallest absolute Gasteiger partial charge is 0.239 e. The number of anilines is 1. The number of pyridine rings is 1. The van der Waals surface area contributed by atoms with Crippen LogP contribution in [0.2, 0.25) is 0 Å². The second-order valence-electron chi connectivity index (χ2n) is 5.41. The summed E-state index contributed by atoms with van der Waals surface area (Å²) in [6.07, 6.45) is 1.69. The van der Waals surface area contributed by atoms with Crippen LogP contribution in [0.3, 0.4) is 0 Å². The van der Waals surface area contributed by atoms with E-state index in [1.807, 2.05) is 43.1 Å². The van der Waals surface area contributed by atoms with Crippen LogP contribution in [0.4, 0.5) is 5.82 Å². The average molecular weight is 362 g/mol. The maximum Gasteiger partial charge on any atom is 0.239 e. The number of nitrogens with one attached hydrogen (secondary N) is 1. The lowest BCUT2D eigenvalue weighted by atomic mass is 10.1. The van der Waals surface area contributed by atoms with Crippen molar-refractivity contribution in [2.45, 2.75) is 19.9 Å². The summed E-state index contributed by atoms with van der Waals surface area (Å²) < 4.78 is 1.05. The Kier molecular flexibility index (Phi) is 5.69. The van der Waals surface area contributed by atoms with Gasteiger partial charge in [0.2, 0.25) is 5.91 Å². The molecule has 0 radical (unpaired) electrons. The standard InChI is InChI=1S/C17H20BrN3O/c1-12-8-9-19-16(10-12)20-17(22)11-21(3)13(2)14-4-6-15(18)7-5-14/h4-10,13H,11H2,1-3H3,(H,19,20,22). The number of benzene rings is 1. The minimum absolute atomic E-state index is 0.0652. The molecule has 1 heterocycles. The van der Waals surface area contributed by atoms with Crippen LogP contribution in [0.25, 0.3) is 0 Å². The Bertz CT molecular complexity index is 643. The molecule has 0 aliphatic carbocycles. The molecule has 1 aromatic heterocycles. The van der Waals surface area contributed by atoms with Gasteiger partial charge < -0.3 is 5.32 Å². The Morgan fingerprint density at radius 1 is 1.32 bits per heavy atom. The Hall–Kier alpha value is -1.72. The van der Waals surface area contributed by atoms with Crippen molar-refractivity contribution in [3.05, 3.63) is 58.2 Å². The first kappa shape index (κ1) is 16.6. The highest BCUT2D eigenvalue weighted by molar-refractivity contribution is 9.10. The van der Waals surface area contributed by atoms with Crippen LogP contribution < -0.4 is 5.32 Å². The van der Waals surface area contributed by atoms with E-state index in [1.165, 1.54) is 5.56 Å². The number of rotatable bonds is 5. The van der Waals surface area contributed by atoms with Crippen LogP contribution in [0.5, 0.6) is 0 Å². The van der Waals surface area contributed by atoms with Crippen LogP contribution >= 0.6 is 15.9 Å². The summed E-state index contributed by atoms with van der Waals surface area (Å²) in [5.41, 5.74) is 2.24. The third kappa shape index (κ3) is 4.64. The van der Waals surface area contributed by atoms with Crippen LogP contribution in [-0.4, -0.2) is 29.4 Å². The highest BCUT2D eigenvalue weighted by Crippen LogP contribution is 2.20. The monoisotopic (exact) mass is 361 g/mol. The molecule has 5 heteroatoms. The third-order valence-electron chi connectivity index (χ3n) is 3.59. The fourth-order valence-corrected chi connectivity index (χ4v) is 2.41. The maximum atomic E-state index is 12.1. The van der Waals surface area contributed by atoms with Gasteiger partial charge in [0, 0.05) is 16.7 Å². The lowest BCUT2D eigenvalue weighted by Crippen LogP contribution is -2.32. The molecule has 1 unspecified atom stereocenters. The Labute approximate surface area is 139 Å². The van der Waals surface area contributed by atoms with E-state index in [4.69, 9.17) is 0 Å². The summed E-state index contributed by atoms with van der Waals surface area (Å²) in [6.45, 7) is 4.37. The highest BCUT2D eigenvalue weighted by atomic mass is 79.9. The number of likely N-dealkylation sites (N-methyl/N-ethyl adjacent to an activating group) is 1. The minimum atomic E-state index is -0.0652. The van der Waals surface area contributed by atoms with Crippen molar-refractivity contribution in [1.82, 2.24) is 9.88 Å². The van der Waals surface area contributed by atoms with Gasteiger partial charge in [0.25, 0.3) is 0 Å². The first-order chi connectivity index (χ1) is 10.5. The predicted octanol–water partition coefficient (Wildman–Crippen LogP) is 3.78. The number of carbonyl (C=O) groups excluding carboxylic acids is 1. The largest absolute Gasteiger partial charge is 0.310 e. The van der Waals surface area contributed by atoms with Gasteiger partial charge in [-0.2, -0.15) is 0 Å². The van der Waals surface area contributed by atoms with E-state index < -0.39 is 0 Å². The van der Waals surface area contributed by atoms with Crippen LogP contribution in [0, 0.1) is 6.92 Å². The molecule has 0 aliphatic rings. The summed E-state index contributed by atoms with van der Waals surface area (Å²) in [7, 11) is 1.94. The summed E-state index contributed by atoms with van der Waals surface area (Å²) in [5.74, 6) is 0.527. The quantitative estimate of drug-likeness (QED) is 0.881. The highest BCUT2D eigenvalue weighted by Gasteiger charge is 2.15. The van der Waals surface area contributed by atoms with E-state index in [0.717, 1.165) is 10.0 Å². The third-order valence-corrected chi connectivity index (χ3v) is 4.12. The van der Waals surface area contributed by atoms with Gasteiger partial charge in [-0.05, 0) is 56.3 Å². The zero-order chi connectivity index (χ0) is 16.1. The van der Waals surface area contributed by atoms with Crippen molar-refractivity contribution < 1.29 is 4.79 Å². The first-order valence-corrected chi connectivity index (χ1v) is 7.93. The SMILES string of the molecule is Cc1ccnc(NC(=O)CN(C)C(C)c2ccc(Br)cc2)c1. The number of nitrogens with zero attached hydrogens (tertiary/aromatic N) is 2. The van der Waals surface area contributed by atoms with E-state index in [0.29, 0.717) is 12.4 Å². The van der Waals surface area contributed by atoms with E-state index in [2.05, 4.69) is 45.3 Å².